The maximum absolute atomic E-state index is 15.1. The summed E-state index contributed by atoms with van der Waals surface area (Å²) in [5.41, 5.74) is -1.56. The van der Waals surface area contributed by atoms with Crippen molar-refractivity contribution in [1.29, 1.82) is 0 Å². The molecule has 0 saturated heterocycles. The number of phenolic OH excluding ortho intramolecular Hbond substituents is 4. The number of halogens is 1. The Hall–Kier alpha value is -8.39. The van der Waals surface area contributed by atoms with E-state index in [9.17, 15) is 58.8 Å². The molecule has 12 bridgehead atoms. The molecule has 4 aromatic carbocycles. The monoisotopic (exact) mass is 1080 g/mol. The second-order valence-corrected chi connectivity index (χ2v) is 18.7. The van der Waals surface area contributed by atoms with Gasteiger partial charge in [0.1, 0.15) is 29.7 Å². The zero-order valence-electron chi connectivity index (χ0n) is 42.9. The Bertz CT molecular complexity index is 2780. The Balaban J connectivity index is 1.30. The summed E-state index contributed by atoms with van der Waals surface area (Å²) in [6.45, 7) is 0.117. The van der Waals surface area contributed by atoms with Crippen molar-refractivity contribution in [3.8, 4) is 23.0 Å². The number of nitrogens with zero attached hydrogens (tertiary/aromatic N) is 4. The first-order valence-electron chi connectivity index (χ1n) is 25.6. The summed E-state index contributed by atoms with van der Waals surface area (Å²) >= 11 is 0. The third kappa shape index (κ3) is 15.0. The number of hydrogen-bond acceptors (Lipinski definition) is 16. The molecule has 416 valence electrons. The molecule has 12 N–H and O–H groups in total. The molecule has 25 heteroatoms. The predicted octanol–water partition coefficient (Wildman–Crippen LogP) is -0.965. The summed E-state index contributed by atoms with van der Waals surface area (Å²) < 4.78 is 15.1. The van der Waals surface area contributed by atoms with Crippen LogP contribution >= 0.6 is 0 Å². The van der Waals surface area contributed by atoms with Crippen molar-refractivity contribution in [2.24, 2.45) is 0 Å². The topological polar surface area (TPSA) is 327 Å². The molecule has 4 heterocycles. The third-order valence-corrected chi connectivity index (χ3v) is 13.6. The number of nitrogens with one attached hydrogen (secondary N) is 8. The number of rotatable bonds is 1. The average molecular weight is 1080 g/mol. The minimum atomic E-state index is -1.22. The van der Waals surface area contributed by atoms with E-state index < -0.39 is 83.0 Å². The molecule has 0 spiro atoms. The quantitative estimate of drug-likeness (QED) is 0.109. The van der Waals surface area contributed by atoms with Crippen LogP contribution in [0.1, 0.15) is 82.9 Å². The summed E-state index contributed by atoms with van der Waals surface area (Å²) in [6, 6.07) is 15.3. The molecule has 0 aromatic heterocycles. The van der Waals surface area contributed by atoms with Gasteiger partial charge in [0.15, 0.2) is 0 Å². The maximum atomic E-state index is 15.1. The summed E-state index contributed by atoms with van der Waals surface area (Å²) in [4.78, 5) is 117. The average Bonchev–Trinajstić information content (AvgIpc) is 3.43. The number of alkyl halides is 1. The second-order valence-electron chi connectivity index (χ2n) is 18.7. The molecule has 4 aromatic rings. The molecule has 4 aliphatic rings. The number of amides is 8. The summed E-state index contributed by atoms with van der Waals surface area (Å²) in [6.07, 6.45) is 0. The summed E-state index contributed by atoms with van der Waals surface area (Å²) in [5, 5.41) is 67.1. The first-order valence-corrected chi connectivity index (χ1v) is 25.6. The largest absolute Gasteiger partial charge is 0.506 e. The Morgan fingerprint density at radius 1 is 0.333 bits per heavy atom. The Kier molecular flexibility index (Phi) is 20.3. The lowest BCUT2D eigenvalue weighted by molar-refractivity contribution is 0.0891. The van der Waals surface area contributed by atoms with E-state index in [-0.39, 0.29) is 169 Å². The second kappa shape index (κ2) is 27.6. The van der Waals surface area contributed by atoms with Crippen LogP contribution in [0.3, 0.4) is 0 Å². The normalized spacial score (nSPS) is 22.6. The molecule has 0 aliphatic carbocycles. The van der Waals surface area contributed by atoms with Crippen LogP contribution in [0.25, 0.3) is 0 Å². The minimum Gasteiger partial charge on any atom is -0.506 e. The van der Waals surface area contributed by atoms with Gasteiger partial charge >= 0.3 is 0 Å². The van der Waals surface area contributed by atoms with Gasteiger partial charge in [-0.15, -0.1) is 0 Å². The van der Waals surface area contributed by atoms with E-state index in [2.05, 4.69) is 42.5 Å². The van der Waals surface area contributed by atoms with Crippen molar-refractivity contribution in [1.82, 2.24) is 62.1 Å². The molecule has 8 amide bonds. The lowest BCUT2D eigenvalue weighted by atomic mass is 10.1. The van der Waals surface area contributed by atoms with E-state index in [0.29, 0.717) is 0 Å². The number of para-hydroxylation sites is 4. The fourth-order valence-electron chi connectivity index (χ4n) is 9.17. The number of carbonyl (C=O) groups excluding carboxylic acids is 8. The van der Waals surface area contributed by atoms with Crippen molar-refractivity contribution >= 4 is 47.3 Å². The van der Waals surface area contributed by atoms with E-state index in [1.54, 1.807) is 4.90 Å². The zero-order chi connectivity index (χ0) is 55.7. The molecule has 24 nitrogen and oxygen atoms in total. The van der Waals surface area contributed by atoms with Crippen molar-refractivity contribution in [3.63, 3.8) is 0 Å². The first-order chi connectivity index (χ1) is 37.6. The van der Waals surface area contributed by atoms with Crippen LogP contribution in [-0.2, 0) is 0 Å². The maximum Gasteiger partial charge on any atom is 0.255 e. The molecular weight excluding hydrogens is 1020 g/mol. The molecule has 78 heavy (non-hydrogen) atoms. The van der Waals surface area contributed by atoms with Gasteiger partial charge in [0, 0.05) is 124 Å². The summed E-state index contributed by atoms with van der Waals surface area (Å²) in [7, 11) is 0. The number of aromatic hydroxyl groups is 4. The standard InChI is InChI=1S/C53H65FN12O12/c54-31-33-32-66-26-19-61-51(76)39-10-3-9-38(44(39)69)48(73)57-15-22-64(23-16-60-52(77)40-11-4-12-41(45(40)70)53(78)62-33)28-27-63-20-13-55-46(71)34-5-1-7-36(42(34)67)49(74)58-17-24-65(29-30-66)25-18-59-50(75)37-8-2-6-35(43(37)68)47(72)56-14-21-63/h1-12,33,67-70H,13-32H2,(H,55,71)(H,56,72)(H,57,73)(H,58,74)(H,59,75)(H,60,77)(H,61,76)(H,62,78). The third-order valence-electron chi connectivity index (χ3n) is 13.6. The van der Waals surface area contributed by atoms with Gasteiger partial charge in [-0.2, -0.15) is 0 Å². The van der Waals surface area contributed by atoms with Crippen LogP contribution in [0.5, 0.6) is 23.0 Å². The minimum absolute atomic E-state index is 0.000992. The molecule has 0 saturated carbocycles. The molecule has 0 radical (unpaired) electrons. The van der Waals surface area contributed by atoms with E-state index in [0.717, 1.165) is 0 Å². The molecule has 4 aliphatic heterocycles. The van der Waals surface area contributed by atoms with Crippen LogP contribution in [0, 0.1) is 0 Å². The van der Waals surface area contributed by atoms with Crippen molar-refractivity contribution in [2.45, 2.75) is 6.04 Å². The Labute approximate surface area is 448 Å². The van der Waals surface area contributed by atoms with Crippen LogP contribution < -0.4 is 42.5 Å². The zero-order valence-corrected chi connectivity index (χ0v) is 42.9. The van der Waals surface area contributed by atoms with Crippen molar-refractivity contribution < 1.29 is 63.2 Å². The molecule has 8 rings (SSSR count). The van der Waals surface area contributed by atoms with Crippen LogP contribution in [0.15, 0.2) is 72.8 Å². The fourth-order valence-corrected chi connectivity index (χ4v) is 9.17. The molecule has 0 fully saturated rings. The van der Waals surface area contributed by atoms with Gasteiger partial charge in [0.05, 0.1) is 50.5 Å². The van der Waals surface area contributed by atoms with Crippen LogP contribution in [0.4, 0.5) is 4.39 Å². The number of carbonyl (C=O) groups is 8. The van der Waals surface area contributed by atoms with Gasteiger partial charge < -0.3 is 63.0 Å². The summed E-state index contributed by atoms with van der Waals surface area (Å²) in [5.74, 6) is -8.05. The molecule has 3 atom stereocenters. The Morgan fingerprint density at radius 2 is 0.538 bits per heavy atom. The number of phenols is 4. The first kappa shape index (κ1) is 57.3. The Morgan fingerprint density at radius 3 is 0.769 bits per heavy atom. The number of benzene rings is 4. The lowest BCUT2D eigenvalue weighted by Crippen LogP contribution is -2.49. The number of fused-ring (bicyclic) bond motifs is 16. The van der Waals surface area contributed by atoms with E-state index in [4.69, 9.17) is 0 Å². The predicted molar refractivity (Wildman–Crippen MR) is 282 cm³/mol. The van der Waals surface area contributed by atoms with Crippen LogP contribution in [-0.4, -0.2) is 224 Å². The van der Waals surface area contributed by atoms with Crippen LogP contribution in [0.2, 0.25) is 0 Å². The van der Waals surface area contributed by atoms with E-state index in [1.807, 2.05) is 14.7 Å². The molecular formula is C53H65FN12O12. The van der Waals surface area contributed by atoms with E-state index >= 15 is 4.39 Å². The highest BCUT2D eigenvalue weighted by molar-refractivity contribution is 6.06. The van der Waals surface area contributed by atoms with E-state index in [1.165, 1.54) is 72.8 Å². The fraction of sp³-hybridized carbons (Fsp3) is 0.396. The molecule has 3 unspecified atom stereocenters. The van der Waals surface area contributed by atoms with Gasteiger partial charge in [0.25, 0.3) is 47.3 Å². The van der Waals surface area contributed by atoms with Crippen molar-refractivity contribution in [2.75, 3.05) is 131 Å². The highest BCUT2D eigenvalue weighted by Crippen LogP contribution is 2.26. The van der Waals surface area contributed by atoms with Gasteiger partial charge in [-0.1, -0.05) is 24.3 Å². The number of hydrogen-bond donors (Lipinski definition) is 12. The highest BCUT2D eigenvalue weighted by atomic mass is 19.1. The van der Waals surface area contributed by atoms with Crippen molar-refractivity contribution in [3.05, 3.63) is 117 Å². The smallest absolute Gasteiger partial charge is 0.255 e. The lowest BCUT2D eigenvalue weighted by Gasteiger charge is -2.30. The van der Waals surface area contributed by atoms with Gasteiger partial charge in [-0.05, 0) is 48.5 Å². The highest BCUT2D eigenvalue weighted by Gasteiger charge is 2.27. The van der Waals surface area contributed by atoms with Gasteiger partial charge in [-0.3, -0.25) is 58.0 Å². The SMILES string of the molecule is O=C1NCCN2CCNC(=O)c3cccc(c3O)C(=O)NCCN(CCNC(=O)c3cccc1c3O)CCN1CCNC(=O)c3cccc(c3O)C(=O)NCCN(CCNC(=O)c3cccc(c3O)C(=O)NC(CF)C1)CC2. The van der Waals surface area contributed by atoms with Gasteiger partial charge in [-0.25, -0.2) is 4.39 Å². The van der Waals surface area contributed by atoms with Gasteiger partial charge in [0.2, 0.25) is 0 Å².